The normalized spacial score (nSPS) is 15.1. The van der Waals surface area contributed by atoms with E-state index in [4.69, 9.17) is 0 Å². The highest BCUT2D eigenvalue weighted by molar-refractivity contribution is 6.06. The number of anilines is 1. The van der Waals surface area contributed by atoms with E-state index in [2.05, 4.69) is 4.90 Å². The van der Waals surface area contributed by atoms with E-state index >= 15 is 0 Å². The van der Waals surface area contributed by atoms with Gasteiger partial charge in [-0.15, -0.1) is 0 Å². The molecule has 0 radical (unpaired) electrons. The summed E-state index contributed by atoms with van der Waals surface area (Å²) in [6.45, 7) is 2.08. The molecule has 3 nitrogen and oxygen atoms in total. The number of carbonyl (C=O) groups is 1. The van der Waals surface area contributed by atoms with Crippen molar-refractivity contribution in [3.63, 3.8) is 0 Å². The molecule has 3 aromatic carbocycles. The first kappa shape index (κ1) is 20.2. The van der Waals surface area contributed by atoms with Crippen molar-refractivity contribution in [1.29, 1.82) is 0 Å². The van der Waals surface area contributed by atoms with Crippen LogP contribution in [0.1, 0.15) is 28.8 Å². The molecule has 0 aromatic heterocycles. The van der Waals surface area contributed by atoms with E-state index in [1.54, 1.807) is 35.2 Å². The predicted octanol–water partition coefficient (Wildman–Crippen LogP) is 5.28. The molecule has 0 atom stereocenters. The summed E-state index contributed by atoms with van der Waals surface area (Å²) < 4.78 is 27.5. The molecule has 0 aliphatic carbocycles. The summed E-state index contributed by atoms with van der Waals surface area (Å²) in [4.78, 5) is 17.3. The molecule has 1 aliphatic rings. The summed E-state index contributed by atoms with van der Waals surface area (Å²) in [7, 11) is 0. The first-order chi connectivity index (χ1) is 14.6. The highest BCUT2D eigenvalue weighted by atomic mass is 19.1. The number of hydrogen-bond acceptors (Lipinski definition) is 2. The molecule has 30 heavy (non-hydrogen) atoms. The number of piperidine rings is 1. The Kier molecular flexibility index (Phi) is 6.19. The minimum Gasteiger partial charge on any atom is -0.305 e. The van der Waals surface area contributed by atoms with Gasteiger partial charge in [0.1, 0.15) is 11.6 Å². The highest BCUT2D eigenvalue weighted by Crippen LogP contribution is 2.27. The van der Waals surface area contributed by atoms with Crippen LogP contribution in [0.5, 0.6) is 0 Å². The van der Waals surface area contributed by atoms with Gasteiger partial charge in [0.25, 0.3) is 5.91 Å². The number of hydrogen-bond donors (Lipinski definition) is 0. The largest absolute Gasteiger partial charge is 0.305 e. The Hall–Kier alpha value is -3.05. The van der Waals surface area contributed by atoms with Gasteiger partial charge in [0.2, 0.25) is 0 Å². The number of carbonyl (C=O) groups excluding carboxylic acids is 1. The van der Waals surface area contributed by atoms with Crippen LogP contribution in [0, 0.1) is 11.6 Å². The van der Waals surface area contributed by atoms with Crippen molar-refractivity contribution in [3.05, 3.63) is 102 Å². The topological polar surface area (TPSA) is 23.6 Å². The molecule has 4 rings (SSSR count). The number of rotatable bonds is 5. The molecule has 3 aromatic rings. The molecule has 0 N–H and O–H groups in total. The monoisotopic (exact) mass is 406 g/mol. The smallest absolute Gasteiger partial charge is 0.258 e. The van der Waals surface area contributed by atoms with Crippen LogP contribution < -0.4 is 4.90 Å². The number of halogens is 2. The van der Waals surface area contributed by atoms with Crippen molar-refractivity contribution in [1.82, 2.24) is 4.90 Å². The molecule has 0 saturated carbocycles. The van der Waals surface area contributed by atoms with Gasteiger partial charge in [-0.25, -0.2) is 8.78 Å². The van der Waals surface area contributed by atoms with Gasteiger partial charge in [-0.05, 0) is 55.3 Å². The lowest BCUT2D eigenvalue weighted by atomic mass is 10.00. The molecule has 0 bridgehead atoms. The third-order valence-electron chi connectivity index (χ3n) is 5.62. The van der Waals surface area contributed by atoms with E-state index in [-0.39, 0.29) is 23.6 Å². The zero-order valence-corrected chi connectivity index (χ0v) is 16.7. The Bertz CT molecular complexity index is 984. The van der Waals surface area contributed by atoms with Crippen molar-refractivity contribution in [2.75, 3.05) is 18.0 Å². The molecule has 1 fully saturated rings. The van der Waals surface area contributed by atoms with E-state index in [1.165, 1.54) is 18.2 Å². The minimum atomic E-state index is -0.328. The summed E-state index contributed by atoms with van der Waals surface area (Å²) in [6, 6.07) is 22.1. The third-order valence-corrected chi connectivity index (χ3v) is 5.62. The fourth-order valence-corrected chi connectivity index (χ4v) is 4.02. The van der Waals surface area contributed by atoms with Crippen LogP contribution in [0.2, 0.25) is 0 Å². The van der Waals surface area contributed by atoms with E-state index in [0.717, 1.165) is 25.9 Å². The summed E-state index contributed by atoms with van der Waals surface area (Å²) in [5, 5.41) is 0. The average Bonchev–Trinajstić information content (AvgIpc) is 2.78. The Morgan fingerprint density at radius 1 is 0.867 bits per heavy atom. The van der Waals surface area contributed by atoms with Crippen LogP contribution in [0.15, 0.2) is 78.9 Å². The standard InChI is InChI=1S/C25H24F2N2O/c26-21-10-12-22(13-11-21)29(25(30)19-6-2-1-3-7-19)23-14-16-28(17-15-23)18-20-8-4-5-9-24(20)27/h1-13,23H,14-18H2. The number of nitrogens with zero attached hydrogens (tertiary/aromatic N) is 2. The van der Waals surface area contributed by atoms with E-state index in [1.807, 2.05) is 30.3 Å². The van der Waals surface area contributed by atoms with Crippen molar-refractivity contribution in [2.45, 2.75) is 25.4 Å². The lowest BCUT2D eigenvalue weighted by Crippen LogP contribution is -2.47. The second kappa shape index (κ2) is 9.18. The van der Waals surface area contributed by atoms with E-state index in [9.17, 15) is 13.6 Å². The quantitative estimate of drug-likeness (QED) is 0.576. The highest BCUT2D eigenvalue weighted by Gasteiger charge is 2.30. The van der Waals surface area contributed by atoms with E-state index in [0.29, 0.717) is 23.4 Å². The van der Waals surface area contributed by atoms with Gasteiger partial charge in [0.15, 0.2) is 0 Å². The van der Waals surface area contributed by atoms with Gasteiger partial charge in [-0.1, -0.05) is 36.4 Å². The SMILES string of the molecule is O=C(c1ccccc1)N(c1ccc(F)cc1)C1CCN(Cc2ccccc2F)CC1. The molecule has 5 heteroatoms. The Morgan fingerprint density at radius 3 is 2.17 bits per heavy atom. The van der Waals surface area contributed by atoms with Gasteiger partial charge >= 0.3 is 0 Å². The maximum atomic E-state index is 14.0. The lowest BCUT2D eigenvalue weighted by Gasteiger charge is -2.38. The number of likely N-dealkylation sites (tertiary alicyclic amines) is 1. The first-order valence-corrected chi connectivity index (χ1v) is 10.2. The zero-order valence-electron chi connectivity index (χ0n) is 16.7. The second-order valence-electron chi connectivity index (χ2n) is 7.62. The molecular formula is C25H24F2N2O. The number of benzene rings is 3. The summed E-state index contributed by atoms with van der Waals surface area (Å²) >= 11 is 0. The van der Waals surface area contributed by atoms with Gasteiger partial charge in [-0.3, -0.25) is 9.69 Å². The summed E-state index contributed by atoms with van der Waals surface area (Å²) in [5.74, 6) is -0.604. The molecule has 154 valence electrons. The first-order valence-electron chi connectivity index (χ1n) is 10.2. The maximum Gasteiger partial charge on any atom is 0.258 e. The zero-order chi connectivity index (χ0) is 20.9. The van der Waals surface area contributed by atoms with Crippen LogP contribution in [-0.2, 0) is 6.54 Å². The molecule has 0 spiro atoms. The number of amides is 1. The molecule has 1 aliphatic heterocycles. The molecular weight excluding hydrogens is 382 g/mol. The van der Waals surface area contributed by atoms with Crippen LogP contribution >= 0.6 is 0 Å². The molecule has 1 heterocycles. The molecule has 1 saturated heterocycles. The minimum absolute atomic E-state index is 0.0000349. The summed E-state index contributed by atoms with van der Waals surface area (Å²) in [5.41, 5.74) is 1.99. The fraction of sp³-hybridized carbons (Fsp3) is 0.240. The Balaban J connectivity index is 1.51. The Morgan fingerprint density at radius 2 is 1.50 bits per heavy atom. The predicted molar refractivity (Wildman–Crippen MR) is 114 cm³/mol. The van der Waals surface area contributed by atoms with Crippen LogP contribution in [0.3, 0.4) is 0 Å². The van der Waals surface area contributed by atoms with Gasteiger partial charge in [-0.2, -0.15) is 0 Å². The third kappa shape index (κ3) is 4.57. The lowest BCUT2D eigenvalue weighted by molar-refractivity contribution is 0.0958. The fourth-order valence-electron chi connectivity index (χ4n) is 4.02. The van der Waals surface area contributed by atoms with Crippen molar-refractivity contribution in [3.8, 4) is 0 Å². The Labute approximate surface area is 175 Å². The van der Waals surface area contributed by atoms with Gasteiger partial charge in [0.05, 0.1) is 0 Å². The molecule has 1 amide bonds. The van der Waals surface area contributed by atoms with Crippen LogP contribution in [-0.4, -0.2) is 29.9 Å². The summed E-state index contributed by atoms with van der Waals surface area (Å²) in [6.07, 6.45) is 1.54. The average molecular weight is 406 g/mol. The van der Waals surface area contributed by atoms with Crippen LogP contribution in [0.25, 0.3) is 0 Å². The van der Waals surface area contributed by atoms with Gasteiger partial charge in [0, 0.05) is 42.5 Å². The van der Waals surface area contributed by atoms with Crippen molar-refractivity contribution in [2.24, 2.45) is 0 Å². The van der Waals surface area contributed by atoms with Crippen molar-refractivity contribution < 1.29 is 13.6 Å². The molecule has 0 unspecified atom stereocenters. The van der Waals surface area contributed by atoms with Crippen molar-refractivity contribution >= 4 is 11.6 Å². The van der Waals surface area contributed by atoms with E-state index < -0.39 is 0 Å². The second-order valence-corrected chi connectivity index (χ2v) is 7.62. The maximum absolute atomic E-state index is 14.0. The van der Waals surface area contributed by atoms with Crippen LogP contribution in [0.4, 0.5) is 14.5 Å². The van der Waals surface area contributed by atoms with Gasteiger partial charge < -0.3 is 4.90 Å².